The van der Waals surface area contributed by atoms with Gasteiger partial charge >= 0.3 is 0 Å². The van der Waals surface area contributed by atoms with Gasteiger partial charge in [-0.25, -0.2) is 0 Å². The molecule has 0 aromatic heterocycles. The molecule has 0 amide bonds. The molecule has 0 spiro atoms. The summed E-state index contributed by atoms with van der Waals surface area (Å²) >= 11 is 0. The van der Waals surface area contributed by atoms with E-state index in [9.17, 15) is 0 Å². The summed E-state index contributed by atoms with van der Waals surface area (Å²) in [5.41, 5.74) is 3.50. The van der Waals surface area contributed by atoms with Crippen LogP contribution in [0, 0.1) is 11.3 Å². The molecule has 0 heterocycles. The van der Waals surface area contributed by atoms with E-state index in [2.05, 4.69) is 50.4 Å². The van der Waals surface area contributed by atoms with Crippen LogP contribution < -0.4 is 5.32 Å². The van der Waals surface area contributed by atoms with Gasteiger partial charge in [-0.15, -0.1) is 0 Å². The maximum absolute atomic E-state index is 4.11. The molecule has 0 saturated heterocycles. The van der Waals surface area contributed by atoms with E-state index < -0.39 is 0 Å². The van der Waals surface area contributed by atoms with Crippen LogP contribution in [-0.4, -0.2) is 6.04 Å². The van der Waals surface area contributed by atoms with E-state index in [1.165, 1.54) is 44.9 Å². The minimum atomic E-state index is 0.365. The van der Waals surface area contributed by atoms with Crippen LogP contribution >= 0.6 is 0 Å². The predicted octanol–water partition coefficient (Wildman–Crippen LogP) is 5.26. The SMILES string of the molecule is CCC1CCCCC1NC1c2ccccc2CCC1(C)C. The van der Waals surface area contributed by atoms with Crippen LogP contribution in [0.5, 0.6) is 0 Å². The molecule has 21 heavy (non-hydrogen) atoms. The molecule has 1 N–H and O–H groups in total. The van der Waals surface area contributed by atoms with Gasteiger partial charge in [-0.2, -0.15) is 0 Å². The molecule has 1 heteroatoms. The second-order valence-electron chi connectivity index (χ2n) is 7.85. The average molecular weight is 285 g/mol. The van der Waals surface area contributed by atoms with Crippen molar-refractivity contribution in [2.45, 2.75) is 77.8 Å². The Bertz CT molecular complexity index is 476. The van der Waals surface area contributed by atoms with Crippen molar-refractivity contribution in [2.24, 2.45) is 11.3 Å². The van der Waals surface area contributed by atoms with Gasteiger partial charge in [0.15, 0.2) is 0 Å². The van der Waals surface area contributed by atoms with Gasteiger partial charge in [0.25, 0.3) is 0 Å². The number of nitrogens with one attached hydrogen (secondary N) is 1. The molecule has 1 aromatic rings. The van der Waals surface area contributed by atoms with Gasteiger partial charge in [0, 0.05) is 12.1 Å². The number of hydrogen-bond acceptors (Lipinski definition) is 1. The third-order valence-electron chi connectivity index (χ3n) is 6.00. The summed E-state index contributed by atoms with van der Waals surface area (Å²) in [4.78, 5) is 0. The van der Waals surface area contributed by atoms with Crippen LogP contribution in [0.1, 0.15) is 76.5 Å². The summed E-state index contributed by atoms with van der Waals surface area (Å²) in [6.45, 7) is 7.26. The summed E-state index contributed by atoms with van der Waals surface area (Å²) in [6, 6.07) is 10.4. The van der Waals surface area contributed by atoms with Crippen LogP contribution in [0.15, 0.2) is 24.3 Å². The summed E-state index contributed by atoms with van der Waals surface area (Å²) in [5.74, 6) is 0.878. The fourth-order valence-corrected chi connectivity index (χ4v) is 4.51. The number of hydrogen-bond donors (Lipinski definition) is 1. The largest absolute Gasteiger partial charge is 0.306 e. The van der Waals surface area contributed by atoms with Gasteiger partial charge in [-0.05, 0) is 48.1 Å². The molecular formula is C20H31N. The third kappa shape index (κ3) is 3.04. The minimum Gasteiger partial charge on any atom is -0.306 e. The van der Waals surface area contributed by atoms with Gasteiger partial charge in [0.2, 0.25) is 0 Å². The Morgan fingerprint density at radius 3 is 2.71 bits per heavy atom. The lowest BCUT2D eigenvalue weighted by Crippen LogP contribution is -2.46. The zero-order valence-corrected chi connectivity index (χ0v) is 14.0. The summed E-state index contributed by atoms with van der Waals surface area (Å²) in [6.07, 6.45) is 9.49. The van der Waals surface area contributed by atoms with Crippen molar-refractivity contribution in [3.63, 3.8) is 0 Å². The molecule has 0 bridgehead atoms. The second kappa shape index (κ2) is 6.12. The van der Waals surface area contributed by atoms with Gasteiger partial charge in [-0.1, -0.05) is 64.3 Å². The van der Waals surface area contributed by atoms with E-state index in [0.717, 1.165) is 12.0 Å². The van der Waals surface area contributed by atoms with E-state index in [4.69, 9.17) is 0 Å². The predicted molar refractivity (Wildman–Crippen MR) is 90.5 cm³/mol. The molecule has 0 radical (unpaired) electrons. The second-order valence-corrected chi connectivity index (χ2v) is 7.85. The summed E-state index contributed by atoms with van der Waals surface area (Å²) < 4.78 is 0. The number of rotatable bonds is 3. The van der Waals surface area contributed by atoms with Crippen molar-refractivity contribution in [1.82, 2.24) is 5.32 Å². The summed E-state index contributed by atoms with van der Waals surface area (Å²) in [7, 11) is 0. The van der Waals surface area contributed by atoms with Crippen molar-refractivity contribution in [1.29, 1.82) is 0 Å². The fourth-order valence-electron chi connectivity index (χ4n) is 4.51. The Morgan fingerprint density at radius 2 is 1.90 bits per heavy atom. The Morgan fingerprint density at radius 1 is 1.14 bits per heavy atom. The molecular weight excluding hydrogens is 254 g/mol. The van der Waals surface area contributed by atoms with E-state index >= 15 is 0 Å². The van der Waals surface area contributed by atoms with Crippen molar-refractivity contribution < 1.29 is 0 Å². The molecule has 1 nitrogen and oxygen atoms in total. The molecule has 2 aliphatic rings. The fraction of sp³-hybridized carbons (Fsp3) is 0.700. The zero-order chi connectivity index (χ0) is 14.9. The zero-order valence-electron chi connectivity index (χ0n) is 14.0. The van der Waals surface area contributed by atoms with E-state index in [0.29, 0.717) is 11.5 Å². The number of benzene rings is 1. The van der Waals surface area contributed by atoms with Gasteiger partial charge in [0.1, 0.15) is 0 Å². The van der Waals surface area contributed by atoms with Gasteiger partial charge < -0.3 is 5.32 Å². The first-order chi connectivity index (χ1) is 10.1. The first-order valence-electron chi connectivity index (χ1n) is 8.95. The maximum atomic E-state index is 4.11. The Balaban J connectivity index is 1.85. The lowest BCUT2D eigenvalue weighted by Gasteiger charge is -2.45. The molecule has 1 saturated carbocycles. The van der Waals surface area contributed by atoms with Crippen molar-refractivity contribution in [3.8, 4) is 0 Å². The molecule has 0 aliphatic heterocycles. The molecule has 3 unspecified atom stereocenters. The average Bonchev–Trinajstić information content (AvgIpc) is 2.50. The molecule has 1 fully saturated rings. The highest BCUT2D eigenvalue weighted by molar-refractivity contribution is 5.34. The van der Waals surface area contributed by atoms with E-state index in [-0.39, 0.29) is 0 Å². The normalized spacial score (nSPS) is 31.7. The molecule has 2 aliphatic carbocycles. The van der Waals surface area contributed by atoms with Crippen molar-refractivity contribution >= 4 is 0 Å². The van der Waals surface area contributed by atoms with Crippen LogP contribution in [-0.2, 0) is 6.42 Å². The first kappa shape index (κ1) is 15.1. The standard InChI is InChI=1S/C20H31N/c1-4-15-9-6-8-12-18(15)21-19-17-11-7-5-10-16(17)13-14-20(19,2)3/h5,7,10-11,15,18-19,21H,4,6,8-9,12-14H2,1-3H3. The highest BCUT2D eigenvalue weighted by atomic mass is 15.0. The first-order valence-corrected chi connectivity index (χ1v) is 8.95. The molecule has 116 valence electrons. The van der Waals surface area contributed by atoms with Crippen LogP contribution in [0.25, 0.3) is 0 Å². The monoisotopic (exact) mass is 285 g/mol. The quantitative estimate of drug-likeness (QED) is 0.799. The number of fused-ring (bicyclic) bond motifs is 1. The van der Waals surface area contributed by atoms with Crippen LogP contribution in [0.2, 0.25) is 0 Å². The molecule has 1 aromatic carbocycles. The highest BCUT2D eigenvalue weighted by Gasteiger charge is 2.38. The molecule has 3 rings (SSSR count). The van der Waals surface area contributed by atoms with E-state index in [1.807, 2.05) is 0 Å². The van der Waals surface area contributed by atoms with Crippen molar-refractivity contribution in [3.05, 3.63) is 35.4 Å². The minimum absolute atomic E-state index is 0.365. The van der Waals surface area contributed by atoms with Gasteiger partial charge in [0.05, 0.1) is 0 Å². The third-order valence-corrected chi connectivity index (χ3v) is 6.00. The lowest BCUT2D eigenvalue weighted by atomic mass is 9.69. The topological polar surface area (TPSA) is 12.0 Å². The Labute approximate surface area is 130 Å². The Kier molecular flexibility index (Phi) is 4.40. The number of aryl methyl sites for hydroxylation is 1. The van der Waals surface area contributed by atoms with Crippen molar-refractivity contribution in [2.75, 3.05) is 0 Å². The van der Waals surface area contributed by atoms with E-state index in [1.54, 1.807) is 11.1 Å². The maximum Gasteiger partial charge on any atom is 0.0377 e. The van der Waals surface area contributed by atoms with Crippen LogP contribution in [0.3, 0.4) is 0 Å². The summed E-state index contributed by atoms with van der Waals surface area (Å²) in [5, 5.41) is 4.11. The Hall–Kier alpha value is -0.820. The smallest absolute Gasteiger partial charge is 0.0377 e. The van der Waals surface area contributed by atoms with Crippen LogP contribution in [0.4, 0.5) is 0 Å². The van der Waals surface area contributed by atoms with Gasteiger partial charge in [-0.3, -0.25) is 0 Å². The highest BCUT2D eigenvalue weighted by Crippen LogP contribution is 2.44. The molecule has 3 atom stereocenters. The lowest BCUT2D eigenvalue weighted by molar-refractivity contribution is 0.152.